The lowest BCUT2D eigenvalue weighted by Gasteiger charge is -2.13. The normalized spacial score (nSPS) is 10.1. The van der Waals surface area contributed by atoms with Crippen LogP contribution in [0.15, 0.2) is 59.6 Å². The number of benzene rings is 2. The van der Waals surface area contributed by atoms with Crippen molar-refractivity contribution < 1.29 is 9.47 Å². The van der Waals surface area contributed by atoms with Gasteiger partial charge in [0.1, 0.15) is 11.5 Å². The first-order valence-electron chi connectivity index (χ1n) is 8.79. The van der Waals surface area contributed by atoms with Gasteiger partial charge in [0.05, 0.1) is 14.2 Å². The molecule has 0 radical (unpaired) electrons. The molecule has 0 bridgehead atoms. The zero-order valence-corrected chi connectivity index (χ0v) is 16.4. The third-order valence-corrected chi connectivity index (χ3v) is 3.89. The molecule has 0 aliphatic heterocycles. The molecule has 3 rings (SSSR count). The van der Waals surface area contributed by atoms with E-state index in [9.17, 15) is 0 Å². The van der Waals surface area contributed by atoms with Gasteiger partial charge in [-0.05, 0) is 68.4 Å². The van der Waals surface area contributed by atoms with Crippen LogP contribution in [0.2, 0.25) is 0 Å². The van der Waals surface area contributed by atoms with Crippen molar-refractivity contribution in [3.05, 3.63) is 66.0 Å². The Morgan fingerprint density at radius 2 is 1.18 bits per heavy atom. The standard InChI is InChI=1S/C21H23N5O2/c1-14-13-15(2)23-20(22-14)26-21(24-16-5-9-18(27-3)10-6-16)25-17-7-11-19(28-4)12-8-17/h5-13H,1-4H3,(H2,22,23,24,25,26). The molecule has 1 aromatic heterocycles. The van der Waals surface area contributed by atoms with E-state index in [-0.39, 0.29) is 0 Å². The zero-order valence-electron chi connectivity index (χ0n) is 16.4. The average molecular weight is 377 g/mol. The van der Waals surface area contributed by atoms with E-state index in [0.717, 1.165) is 34.3 Å². The van der Waals surface area contributed by atoms with Gasteiger partial charge in [-0.3, -0.25) is 0 Å². The van der Waals surface area contributed by atoms with Gasteiger partial charge in [0, 0.05) is 22.8 Å². The van der Waals surface area contributed by atoms with Gasteiger partial charge in [0.2, 0.25) is 5.96 Å². The first-order valence-corrected chi connectivity index (χ1v) is 8.79. The number of nitrogens with zero attached hydrogens (tertiary/aromatic N) is 3. The van der Waals surface area contributed by atoms with E-state index >= 15 is 0 Å². The number of rotatable bonds is 5. The van der Waals surface area contributed by atoms with Crippen molar-refractivity contribution in [2.45, 2.75) is 13.8 Å². The molecule has 3 aromatic rings. The summed E-state index contributed by atoms with van der Waals surface area (Å²) < 4.78 is 10.4. The van der Waals surface area contributed by atoms with Crippen LogP contribution in [0.4, 0.5) is 17.3 Å². The average Bonchev–Trinajstić information content (AvgIpc) is 2.68. The summed E-state index contributed by atoms with van der Waals surface area (Å²) in [4.78, 5) is 13.4. The molecule has 0 fully saturated rings. The summed E-state index contributed by atoms with van der Waals surface area (Å²) in [6.45, 7) is 3.84. The lowest BCUT2D eigenvalue weighted by Crippen LogP contribution is -2.22. The number of aryl methyl sites for hydroxylation is 2. The molecule has 0 saturated heterocycles. The first kappa shape index (κ1) is 19.2. The molecule has 0 spiro atoms. The van der Waals surface area contributed by atoms with E-state index in [1.165, 1.54) is 0 Å². The van der Waals surface area contributed by atoms with Crippen LogP contribution in [0.25, 0.3) is 0 Å². The molecule has 0 saturated carbocycles. The summed E-state index contributed by atoms with van der Waals surface area (Å²) in [7, 11) is 3.27. The monoisotopic (exact) mass is 377 g/mol. The summed E-state index contributed by atoms with van der Waals surface area (Å²) in [6, 6.07) is 17.0. The predicted octanol–water partition coefficient (Wildman–Crippen LogP) is 4.32. The van der Waals surface area contributed by atoms with E-state index in [1.807, 2.05) is 68.4 Å². The van der Waals surface area contributed by atoms with Crippen LogP contribution in [0.1, 0.15) is 11.4 Å². The molecule has 28 heavy (non-hydrogen) atoms. The zero-order chi connectivity index (χ0) is 19.9. The van der Waals surface area contributed by atoms with Gasteiger partial charge in [-0.15, -0.1) is 0 Å². The van der Waals surface area contributed by atoms with Crippen molar-refractivity contribution in [1.82, 2.24) is 9.97 Å². The fraction of sp³-hybridized carbons (Fsp3) is 0.190. The highest BCUT2D eigenvalue weighted by molar-refractivity contribution is 6.04. The number of hydrogen-bond acceptors (Lipinski definition) is 5. The molecule has 0 aliphatic rings. The molecule has 0 unspecified atom stereocenters. The molecule has 1 heterocycles. The van der Waals surface area contributed by atoms with Gasteiger partial charge in [0.25, 0.3) is 5.95 Å². The third-order valence-electron chi connectivity index (χ3n) is 3.89. The molecule has 0 aliphatic carbocycles. The SMILES string of the molecule is COc1ccc(NC(=Nc2nc(C)cc(C)n2)Nc2ccc(OC)cc2)cc1. The Labute approximate surface area is 164 Å². The second kappa shape index (κ2) is 8.85. The van der Waals surface area contributed by atoms with Crippen LogP contribution in [0, 0.1) is 13.8 Å². The quantitative estimate of drug-likeness (QED) is 0.509. The van der Waals surface area contributed by atoms with Crippen molar-refractivity contribution >= 4 is 23.3 Å². The summed E-state index contributed by atoms with van der Waals surface area (Å²) in [5.41, 5.74) is 3.42. The second-order valence-corrected chi connectivity index (χ2v) is 6.12. The van der Waals surface area contributed by atoms with Gasteiger partial charge in [-0.25, -0.2) is 9.97 Å². The predicted molar refractivity (Wildman–Crippen MR) is 112 cm³/mol. The van der Waals surface area contributed by atoms with E-state index in [2.05, 4.69) is 25.6 Å². The maximum Gasteiger partial charge on any atom is 0.253 e. The molecular weight excluding hydrogens is 354 g/mol. The van der Waals surface area contributed by atoms with Gasteiger partial charge in [0.15, 0.2) is 0 Å². The number of anilines is 2. The Morgan fingerprint density at radius 3 is 1.57 bits per heavy atom. The van der Waals surface area contributed by atoms with Crippen molar-refractivity contribution in [2.75, 3.05) is 24.9 Å². The maximum absolute atomic E-state index is 5.21. The van der Waals surface area contributed by atoms with Crippen molar-refractivity contribution in [3.63, 3.8) is 0 Å². The molecular formula is C21H23N5O2. The Morgan fingerprint density at radius 1 is 0.750 bits per heavy atom. The third kappa shape index (κ3) is 5.20. The first-order chi connectivity index (χ1) is 13.6. The lowest BCUT2D eigenvalue weighted by molar-refractivity contribution is 0.415. The minimum atomic E-state index is 0.384. The van der Waals surface area contributed by atoms with E-state index in [4.69, 9.17) is 9.47 Å². The number of hydrogen-bond donors (Lipinski definition) is 2. The van der Waals surface area contributed by atoms with Gasteiger partial charge < -0.3 is 20.1 Å². The maximum atomic E-state index is 5.21. The Hall–Kier alpha value is -3.61. The number of aromatic nitrogens is 2. The molecule has 2 aromatic carbocycles. The Balaban J connectivity index is 1.90. The van der Waals surface area contributed by atoms with Crippen molar-refractivity contribution in [2.24, 2.45) is 4.99 Å². The van der Waals surface area contributed by atoms with Crippen LogP contribution < -0.4 is 20.1 Å². The number of ether oxygens (including phenoxy) is 2. The highest BCUT2D eigenvalue weighted by Crippen LogP contribution is 2.18. The van der Waals surface area contributed by atoms with Crippen LogP contribution in [0.3, 0.4) is 0 Å². The van der Waals surface area contributed by atoms with Gasteiger partial charge in [-0.1, -0.05) is 0 Å². The smallest absolute Gasteiger partial charge is 0.253 e. The number of nitrogens with one attached hydrogen (secondary N) is 2. The minimum absolute atomic E-state index is 0.384. The molecule has 144 valence electrons. The van der Waals surface area contributed by atoms with E-state index in [1.54, 1.807) is 14.2 Å². The largest absolute Gasteiger partial charge is 0.497 e. The number of guanidine groups is 1. The van der Waals surface area contributed by atoms with E-state index in [0.29, 0.717) is 11.9 Å². The molecule has 0 amide bonds. The summed E-state index contributed by atoms with van der Waals surface area (Å²) >= 11 is 0. The van der Waals surface area contributed by atoms with Gasteiger partial charge >= 0.3 is 0 Å². The van der Waals surface area contributed by atoms with Crippen LogP contribution >= 0.6 is 0 Å². The lowest BCUT2D eigenvalue weighted by atomic mass is 10.3. The summed E-state index contributed by atoms with van der Waals surface area (Å²) in [5, 5.41) is 6.53. The van der Waals surface area contributed by atoms with Crippen LogP contribution in [0.5, 0.6) is 11.5 Å². The Bertz CT molecular complexity index is 882. The molecule has 0 atom stereocenters. The van der Waals surface area contributed by atoms with Crippen molar-refractivity contribution in [1.29, 1.82) is 0 Å². The van der Waals surface area contributed by atoms with Crippen molar-refractivity contribution in [3.8, 4) is 11.5 Å². The second-order valence-electron chi connectivity index (χ2n) is 6.12. The van der Waals surface area contributed by atoms with E-state index < -0.39 is 0 Å². The van der Waals surface area contributed by atoms with Gasteiger partial charge in [-0.2, -0.15) is 4.99 Å². The number of aliphatic imine (C=N–C) groups is 1. The molecule has 2 N–H and O–H groups in total. The molecule has 7 heteroatoms. The minimum Gasteiger partial charge on any atom is -0.497 e. The topological polar surface area (TPSA) is 80.7 Å². The number of methoxy groups -OCH3 is 2. The highest BCUT2D eigenvalue weighted by atomic mass is 16.5. The summed E-state index contributed by atoms with van der Waals surface area (Å²) in [5.74, 6) is 2.45. The summed E-state index contributed by atoms with van der Waals surface area (Å²) in [6.07, 6.45) is 0. The Kier molecular flexibility index (Phi) is 6.06. The van der Waals surface area contributed by atoms with Crippen LogP contribution in [-0.2, 0) is 0 Å². The fourth-order valence-corrected chi connectivity index (χ4v) is 2.57. The molecule has 7 nitrogen and oxygen atoms in total. The highest BCUT2D eigenvalue weighted by Gasteiger charge is 2.06. The van der Waals surface area contributed by atoms with Crippen LogP contribution in [-0.4, -0.2) is 30.1 Å². The fourth-order valence-electron chi connectivity index (χ4n) is 2.57.